The molecule has 2 atom stereocenters. The minimum Gasteiger partial charge on any atom is -0.338 e. The number of piperidine rings is 1. The van der Waals surface area contributed by atoms with Crippen molar-refractivity contribution in [1.29, 1.82) is 0 Å². The van der Waals surface area contributed by atoms with Crippen molar-refractivity contribution in [3.8, 4) is 0 Å². The van der Waals surface area contributed by atoms with E-state index in [1.54, 1.807) is 4.90 Å². The van der Waals surface area contributed by atoms with E-state index >= 15 is 0 Å². The maximum Gasteiger partial charge on any atom is 0.416 e. The highest BCUT2D eigenvalue weighted by atomic mass is 32.2. The quantitative estimate of drug-likeness (QED) is 0.717. The molecule has 9 heteroatoms. The Labute approximate surface area is 169 Å². The summed E-state index contributed by atoms with van der Waals surface area (Å²) in [7, 11) is -3.09. The Hall–Kier alpha value is -1.61. The molecule has 0 unspecified atom stereocenters. The van der Waals surface area contributed by atoms with Crippen LogP contribution in [-0.2, 0) is 20.8 Å². The van der Waals surface area contributed by atoms with Crippen LogP contribution in [0.1, 0.15) is 49.8 Å². The minimum atomic E-state index is -4.37. The van der Waals surface area contributed by atoms with Crippen molar-refractivity contribution in [2.45, 2.75) is 50.9 Å². The molecule has 29 heavy (non-hydrogen) atoms. The van der Waals surface area contributed by atoms with Crippen LogP contribution in [0.15, 0.2) is 24.3 Å². The third kappa shape index (κ3) is 5.31. The Kier molecular flexibility index (Phi) is 6.57. The van der Waals surface area contributed by atoms with Gasteiger partial charge in [-0.1, -0.05) is 18.6 Å². The molecule has 1 amide bonds. The number of alkyl halides is 3. The molecule has 1 aromatic rings. The first-order valence-electron chi connectivity index (χ1n) is 10.0. The van der Waals surface area contributed by atoms with Crippen LogP contribution in [0.4, 0.5) is 13.2 Å². The van der Waals surface area contributed by atoms with E-state index in [-0.39, 0.29) is 36.0 Å². The zero-order valence-electron chi connectivity index (χ0n) is 16.5. The molecule has 2 saturated heterocycles. The summed E-state index contributed by atoms with van der Waals surface area (Å²) in [5, 5.41) is 0. The fourth-order valence-electron chi connectivity index (χ4n) is 4.38. The highest BCUT2D eigenvalue weighted by Gasteiger charge is 2.36. The zero-order chi connectivity index (χ0) is 21.2. The summed E-state index contributed by atoms with van der Waals surface area (Å²) in [6.07, 6.45) is -1.25. The van der Waals surface area contributed by atoms with Gasteiger partial charge in [-0.3, -0.25) is 9.69 Å². The highest BCUT2D eigenvalue weighted by molar-refractivity contribution is 7.91. The molecular formula is C20H27F3N2O3S. The third-order valence-corrected chi connectivity index (χ3v) is 7.64. The van der Waals surface area contributed by atoms with E-state index < -0.39 is 21.6 Å². The molecule has 2 aliphatic rings. The number of carbonyl (C=O) groups excluding carboxylic acids is 1. The van der Waals surface area contributed by atoms with Gasteiger partial charge in [0, 0.05) is 18.6 Å². The number of sulfone groups is 1. The Balaban J connectivity index is 1.71. The van der Waals surface area contributed by atoms with Gasteiger partial charge in [0.2, 0.25) is 5.91 Å². The smallest absolute Gasteiger partial charge is 0.338 e. The average Bonchev–Trinajstić information content (AvgIpc) is 3.01. The fraction of sp³-hybridized carbons (Fsp3) is 0.650. The number of benzene rings is 1. The maximum atomic E-state index is 12.9. The number of rotatable bonds is 5. The first-order chi connectivity index (χ1) is 13.6. The van der Waals surface area contributed by atoms with Crippen LogP contribution in [0.5, 0.6) is 0 Å². The van der Waals surface area contributed by atoms with Gasteiger partial charge < -0.3 is 4.90 Å². The van der Waals surface area contributed by atoms with Crippen molar-refractivity contribution >= 4 is 15.7 Å². The molecule has 2 heterocycles. The van der Waals surface area contributed by atoms with Crippen molar-refractivity contribution in [3.05, 3.63) is 35.4 Å². The molecule has 2 fully saturated rings. The Morgan fingerprint density at radius 2 is 1.86 bits per heavy atom. The lowest BCUT2D eigenvalue weighted by Gasteiger charge is -2.37. The van der Waals surface area contributed by atoms with E-state index in [2.05, 4.69) is 0 Å². The van der Waals surface area contributed by atoms with Crippen molar-refractivity contribution in [3.63, 3.8) is 0 Å². The summed E-state index contributed by atoms with van der Waals surface area (Å²) in [5.41, 5.74) is 0.0938. The van der Waals surface area contributed by atoms with E-state index in [9.17, 15) is 26.4 Å². The summed E-state index contributed by atoms with van der Waals surface area (Å²) in [4.78, 5) is 16.6. The number of amides is 1. The largest absolute Gasteiger partial charge is 0.416 e. The Bertz CT molecular complexity index is 824. The zero-order valence-corrected chi connectivity index (χ0v) is 17.3. The van der Waals surface area contributed by atoms with Gasteiger partial charge in [0.25, 0.3) is 0 Å². The van der Waals surface area contributed by atoms with Gasteiger partial charge in [-0.2, -0.15) is 13.2 Å². The lowest BCUT2D eigenvalue weighted by Crippen LogP contribution is -2.47. The number of likely N-dealkylation sites (tertiary alicyclic amines) is 1. The molecule has 2 aliphatic heterocycles. The lowest BCUT2D eigenvalue weighted by atomic mass is 9.94. The lowest BCUT2D eigenvalue weighted by molar-refractivity contribution is -0.137. The van der Waals surface area contributed by atoms with Gasteiger partial charge in [0.1, 0.15) is 0 Å². The molecule has 3 rings (SSSR count). The molecule has 5 nitrogen and oxygen atoms in total. The molecule has 0 saturated carbocycles. The number of likely N-dealkylation sites (N-methyl/N-ethyl adjacent to an activating group) is 1. The van der Waals surface area contributed by atoms with Crippen molar-refractivity contribution in [2.75, 3.05) is 31.1 Å². The van der Waals surface area contributed by atoms with Gasteiger partial charge in [0.15, 0.2) is 9.84 Å². The summed E-state index contributed by atoms with van der Waals surface area (Å²) < 4.78 is 62.1. The molecule has 0 aliphatic carbocycles. The number of halogens is 3. The van der Waals surface area contributed by atoms with Crippen LogP contribution >= 0.6 is 0 Å². The standard InChI is InChI=1S/C20H27F3N2O3S/c1-2-25(17-10-12-29(27,28)14-17)19(26)13-24-11-4-3-5-18(24)15-6-8-16(9-7-15)20(21,22)23/h6-9,17-18H,2-5,10-14H2,1H3/t17-,18-/m1/s1. The average molecular weight is 433 g/mol. The van der Waals surface area contributed by atoms with Gasteiger partial charge in [-0.05, 0) is 50.4 Å². The highest BCUT2D eigenvalue weighted by Crippen LogP contribution is 2.34. The van der Waals surface area contributed by atoms with E-state index in [0.717, 1.165) is 37.0 Å². The van der Waals surface area contributed by atoms with Crippen LogP contribution in [0.2, 0.25) is 0 Å². The third-order valence-electron chi connectivity index (χ3n) is 5.89. The maximum absolute atomic E-state index is 12.9. The monoisotopic (exact) mass is 432 g/mol. The van der Waals surface area contributed by atoms with Crippen LogP contribution in [0, 0.1) is 0 Å². The second-order valence-corrected chi connectivity index (χ2v) is 10.1. The van der Waals surface area contributed by atoms with Crippen molar-refractivity contribution < 1.29 is 26.4 Å². The van der Waals surface area contributed by atoms with Crippen molar-refractivity contribution in [2.24, 2.45) is 0 Å². The van der Waals surface area contributed by atoms with E-state index in [4.69, 9.17) is 0 Å². The molecule has 0 N–H and O–H groups in total. The number of carbonyl (C=O) groups is 1. The van der Waals surface area contributed by atoms with Crippen molar-refractivity contribution in [1.82, 2.24) is 9.80 Å². The van der Waals surface area contributed by atoms with Gasteiger partial charge >= 0.3 is 6.18 Å². The van der Waals surface area contributed by atoms with E-state index in [1.807, 2.05) is 11.8 Å². The topological polar surface area (TPSA) is 57.7 Å². The van der Waals surface area contributed by atoms with E-state index in [1.165, 1.54) is 12.1 Å². The van der Waals surface area contributed by atoms with E-state index in [0.29, 0.717) is 19.5 Å². The minimum absolute atomic E-state index is 0.00884. The van der Waals surface area contributed by atoms with Crippen LogP contribution < -0.4 is 0 Å². The predicted octanol–water partition coefficient (Wildman–Crippen LogP) is 3.27. The molecule has 1 aromatic carbocycles. The number of nitrogens with zero attached hydrogens (tertiary/aromatic N) is 2. The Morgan fingerprint density at radius 3 is 2.41 bits per heavy atom. The molecule has 0 spiro atoms. The SMILES string of the molecule is CCN(C(=O)CN1CCCC[C@@H]1c1ccc(C(F)(F)F)cc1)[C@@H]1CCS(=O)(=O)C1. The second-order valence-electron chi connectivity index (χ2n) is 7.84. The van der Waals surface area contributed by atoms with Crippen LogP contribution in [-0.4, -0.2) is 61.3 Å². The molecule has 0 radical (unpaired) electrons. The first kappa shape index (κ1) is 22.1. The van der Waals surface area contributed by atoms with Crippen LogP contribution in [0.3, 0.4) is 0 Å². The second kappa shape index (κ2) is 8.63. The first-order valence-corrected chi connectivity index (χ1v) is 11.8. The van der Waals surface area contributed by atoms with Gasteiger partial charge in [-0.15, -0.1) is 0 Å². The van der Waals surface area contributed by atoms with Gasteiger partial charge in [-0.25, -0.2) is 8.42 Å². The molecular weight excluding hydrogens is 405 g/mol. The summed E-state index contributed by atoms with van der Waals surface area (Å²) in [6.45, 7) is 3.12. The predicted molar refractivity (Wildman–Crippen MR) is 104 cm³/mol. The molecule has 0 bridgehead atoms. The Morgan fingerprint density at radius 1 is 1.17 bits per heavy atom. The normalized spacial score (nSPS) is 25.1. The summed E-state index contributed by atoms with van der Waals surface area (Å²) in [6, 6.07) is 4.78. The molecule has 0 aromatic heterocycles. The van der Waals surface area contributed by atoms with Crippen LogP contribution in [0.25, 0.3) is 0 Å². The summed E-state index contributed by atoms with van der Waals surface area (Å²) in [5.74, 6) is 0.00209. The number of hydrogen-bond donors (Lipinski definition) is 0. The summed E-state index contributed by atoms with van der Waals surface area (Å²) >= 11 is 0. The van der Waals surface area contributed by atoms with Gasteiger partial charge in [0.05, 0.1) is 23.6 Å². The fourth-order valence-corrected chi connectivity index (χ4v) is 6.11. The number of hydrogen-bond acceptors (Lipinski definition) is 4. The molecule has 162 valence electrons.